The molecule has 0 bridgehead atoms. The van der Waals surface area contributed by atoms with Gasteiger partial charge in [0.25, 0.3) is 5.56 Å². The van der Waals surface area contributed by atoms with Gasteiger partial charge in [-0.1, -0.05) is 6.07 Å². The fourth-order valence-corrected chi connectivity index (χ4v) is 4.08. The molecule has 32 heavy (non-hydrogen) atoms. The van der Waals surface area contributed by atoms with Gasteiger partial charge in [-0.2, -0.15) is 0 Å². The topological polar surface area (TPSA) is 91.0 Å². The Morgan fingerprint density at radius 2 is 2.16 bits per heavy atom. The van der Waals surface area contributed by atoms with Gasteiger partial charge >= 0.3 is 0 Å². The quantitative estimate of drug-likeness (QED) is 0.643. The lowest BCUT2D eigenvalue weighted by Crippen LogP contribution is -2.48. The number of benzene rings is 1. The van der Waals surface area contributed by atoms with Gasteiger partial charge in [0.2, 0.25) is 5.91 Å². The molecule has 7 nitrogen and oxygen atoms in total. The number of aryl methyl sites for hydroxylation is 2. The summed E-state index contributed by atoms with van der Waals surface area (Å²) >= 11 is 0. The summed E-state index contributed by atoms with van der Waals surface area (Å²) in [6.45, 7) is 4.92. The van der Waals surface area contributed by atoms with Gasteiger partial charge in [0, 0.05) is 48.3 Å². The Balaban J connectivity index is 1.43. The third-order valence-corrected chi connectivity index (χ3v) is 5.72. The number of anilines is 1. The highest BCUT2D eigenvalue weighted by atomic mass is 19.1. The van der Waals surface area contributed by atoms with Gasteiger partial charge in [-0.3, -0.25) is 14.6 Å². The first-order valence-corrected chi connectivity index (χ1v) is 10.7. The second-order valence-corrected chi connectivity index (χ2v) is 8.20. The van der Waals surface area contributed by atoms with Crippen molar-refractivity contribution in [3.63, 3.8) is 0 Å². The predicted molar refractivity (Wildman–Crippen MR) is 121 cm³/mol. The first kappa shape index (κ1) is 21.7. The molecule has 1 saturated heterocycles. The van der Waals surface area contributed by atoms with Crippen molar-refractivity contribution in [2.45, 2.75) is 39.2 Å². The van der Waals surface area contributed by atoms with E-state index in [1.165, 1.54) is 6.07 Å². The van der Waals surface area contributed by atoms with E-state index in [9.17, 15) is 14.0 Å². The number of carbonyl (C=O) groups is 1. The fourth-order valence-electron chi connectivity index (χ4n) is 4.08. The number of piperidine rings is 1. The maximum Gasteiger partial charge on any atom is 0.255 e. The smallest absolute Gasteiger partial charge is 0.255 e. The summed E-state index contributed by atoms with van der Waals surface area (Å²) in [6, 6.07) is 8.51. The molecule has 1 aliphatic rings. The zero-order valence-corrected chi connectivity index (χ0v) is 18.2. The lowest BCUT2D eigenvalue weighted by atomic mass is 10.0. The molecule has 1 amide bonds. The van der Waals surface area contributed by atoms with Crippen molar-refractivity contribution in [2.24, 2.45) is 0 Å². The Morgan fingerprint density at radius 3 is 2.91 bits per heavy atom. The van der Waals surface area contributed by atoms with Gasteiger partial charge in [-0.05, 0) is 56.5 Å². The van der Waals surface area contributed by atoms with Crippen LogP contribution >= 0.6 is 0 Å². The van der Waals surface area contributed by atoms with Crippen LogP contribution in [0.3, 0.4) is 0 Å². The van der Waals surface area contributed by atoms with Crippen LogP contribution in [0.1, 0.15) is 29.7 Å². The molecule has 0 aliphatic carbocycles. The Bertz CT molecular complexity index is 1180. The average molecular weight is 436 g/mol. The predicted octanol–water partition coefficient (Wildman–Crippen LogP) is 2.92. The summed E-state index contributed by atoms with van der Waals surface area (Å²) < 4.78 is 14.3. The highest BCUT2D eigenvalue weighted by Crippen LogP contribution is 2.24. The first-order chi connectivity index (χ1) is 15.4. The van der Waals surface area contributed by atoms with E-state index in [4.69, 9.17) is 0 Å². The fraction of sp³-hybridized carbons (Fsp3) is 0.333. The number of carbonyl (C=O) groups excluding carboxylic acids is 1. The van der Waals surface area contributed by atoms with Crippen LogP contribution in [0.5, 0.6) is 0 Å². The number of amides is 1. The van der Waals surface area contributed by atoms with E-state index in [0.29, 0.717) is 34.9 Å². The van der Waals surface area contributed by atoms with E-state index in [0.717, 1.165) is 24.9 Å². The van der Waals surface area contributed by atoms with Crippen LogP contribution in [-0.2, 0) is 11.2 Å². The van der Waals surface area contributed by atoms with Crippen LogP contribution in [0.2, 0.25) is 0 Å². The second-order valence-electron chi connectivity index (χ2n) is 8.20. The number of pyridine rings is 1. The van der Waals surface area contributed by atoms with Crippen LogP contribution in [0, 0.1) is 19.7 Å². The molecule has 2 N–H and O–H groups in total. The molecule has 2 aromatic heterocycles. The summed E-state index contributed by atoms with van der Waals surface area (Å²) in [4.78, 5) is 38.5. The molecular weight excluding hydrogens is 409 g/mol. The zero-order chi connectivity index (χ0) is 22.7. The zero-order valence-electron chi connectivity index (χ0n) is 18.2. The minimum atomic E-state index is -0.335. The third-order valence-electron chi connectivity index (χ3n) is 5.72. The number of nitrogens with one attached hydrogen (secondary N) is 2. The second kappa shape index (κ2) is 9.30. The maximum absolute atomic E-state index is 14.3. The van der Waals surface area contributed by atoms with E-state index < -0.39 is 0 Å². The molecule has 3 aromatic rings. The van der Waals surface area contributed by atoms with Crippen molar-refractivity contribution in [1.29, 1.82) is 0 Å². The van der Waals surface area contributed by atoms with E-state index in [2.05, 4.69) is 20.3 Å². The number of hydrogen-bond donors (Lipinski definition) is 2. The number of nitrogens with zero attached hydrogens (tertiary/aromatic N) is 3. The summed E-state index contributed by atoms with van der Waals surface area (Å²) in [5.74, 6) is -0.0801. The summed E-state index contributed by atoms with van der Waals surface area (Å²) in [7, 11) is 0. The van der Waals surface area contributed by atoms with E-state index in [1.807, 2.05) is 24.0 Å². The van der Waals surface area contributed by atoms with Gasteiger partial charge < -0.3 is 15.2 Å². The van der Waals surface area contributed by atoms with Crippen LogP contribution in [-0.4, -0.2) is 40.0 Å². The molecule has 0 spiro atoms. The first-order valence-electron chi connectivity index (χ1n) is 10.7. The molecule has 4 rings (SSSR count). The molecule has 1 aromatic carbocycles. The van der Waals surface area contributed by atoms with Crippen molar-refractivity contribution < 1.29 is 9.18 Å². The van der Waals surface area contributed by atoms with Crippen LogP contribution in [0.4, 0.5) is 10.1 Å². The van der Waals surface area contributed by atoms with Crippen molar-refractivity contribution >= 4 is 11.6 Å². The Kier molecular flexibility index (Phi) is 6.30. The summed E-state index contributed by atoms with van der Waals surface area (Å²) in [6.07, 6.45) is 4.86. The molecule has 0 saturated carbocycles. The van der Waals surface area contributed by atoms with Gasteiger partial charge in [-0.25, -0.2) is 9.37 Å². The van der Waals surface area contributed by atoms with Crippen molar-refractivity contribution in [1.82, 2.24) is 20.3 Å². The molecule has 1 unspecified atom stereocenters. The molecule has 166 valence electrons. The number of aromatic amines is 1. The Hall–Kier alpha value is -3.55. The minimum Gasteiger partial charge on any atom is -0.367 e. The van der Waals surface area contributed by atoms with E-state index in [-0.39, 0.29) is 29.7 Å². The number of halogens is 1. The summed E-state index contributed by atoms with van der Waals surface area (Å²) in [5, 5.41) is 3.01. The lowest BCUT2D eigenvalue weighted by Gasteiger charge is -2.35. The van der Waals surface area contributed by atoms with Crippen molar-refractivity contribution in [2.75, 3.05) is 18.0 Å². The van der Waals surface area contributed by atoms with Crippen molar-refractivity contribution in [3.05, 3.63) is 75.7 Å². The number of aromatic nitrogens is 3. The number of rotatable bonds is 5. The van der Waals surface area contributed by atoms with Crippen LogP contribution < -0.4 is 15.8 Å². The van der Waals surface area contributed by atoms with Gasteiger partial charge in [-0.15, -0.1) is 0 Å². The van der Waals surface area contributed by atoms with E-state index >= 15 is 0 Å². The molecule has 1 fully saturated rings. The normalized spacial score (nSPS) is 16.1. The third kappa shape index (κ3) is 4.85. The Morgan fingerprint density at radius 1 is 1.31 bits per heavy atom. The Labute approximate surface area is 185 Å². The largest absolute Gasteiger partial charge is 0.367 e. The number of H-pyrrole nitrogens is 1. The van der Waals surface area contributed by atoms with Crippen molar-refractivity contribution in [3.8, 4) is 11.4 Å². The van der Waals surface area contributed by atoms with Gasteiger partial charge in [0.1, 0.15) is 11.6 Å². The average Bonchev–Trinajstić information content (AvgIpc) is 2.78. The minimum absolute atomic E-state index is 0.0587. The van der Waals surface area contributed by atoms with Crippen LogP contribution in [0.15, 0.2) is 47.5 Å². The summed E-state index contributed by atoms with van der Waals surface area (Å²) in [5.41, 5.74) is 2.77. The van der Waals surface area contributed by atoms with Gasteiger partial charge in [0.05, 0.1) is 12.1 Å². The molecule has 8 heteroatoms. The SMILES string of the molecule is Cc1ccc(F)c(N2CCCC(NC(=O)Cc3c(C)nc(-c4cccnc4)[nH]c3=O)C2)c1. The van der Waals surface area contributed by atoms with Crippen LogP contribution in [0.25, 0.3) is 11.4 Å². The molecule has 1 atom stereocenters. The maximum atomic E-state index is 14.3. The van der Waals surface area contributed by atoms with Gasteiger partial charge in [0.15, 0.2) is 0 Å². The highest BCUT2D eigenvalue weighted by Gasteiger charge is 2.24. The molecule has 1 aliphatic heterocycles. The molecule has 3 heterocycles. The monoisotopic (exact) mass is 435 g/mol. The standard InChI is InChI=1S/C24H26FN5O2/c1-15-7-8-20(25)21(11-15)30-10-4-6-18(14-30)28-22(31)12-19-16(2)27-23(29-24(19)32)17-5-3-9-26-13-17/h3,5,7-9,11,13,18H,4,6,10,12,14H2,1-2H3,(H,28,31)(H,27,29,32). The lowest BCUT2D eigenvalue weighted by molar-refractivity contribution is -0.121. The molecule has 0 radical (unpaired) electrons. The molecular formula is C24H26FN5O2. The van der Waals surface area contributed by atoms with E-state index in [1.54, 1.807) is 31.5 Å². The number of hydrogen-bond acceptors (Lipinski definition) is 5. The highest BCUT2D eigenvalue weighted by molar-refractivity contribution is 5.79.